The Kier molecular flexibility index (Phi) is 4.75. The molecule has 0 aliphatic rings. The van der Waals surface area contributed by atoms with Crippen LogP contribution in [-0.2, 0) is 12.1 Å². The lowest BCUT2D eigenvalue weighted by Crippen LogP contribution is -2.41. The van der Waals surface area contributed by atoms with Gasteiger partial charge in [0.25, 0.3) is 0 Å². The zero-order chi connectivity index (χ0) is 21.5. The highest BCUT2D eigenvalue weighted by molar-refractivity contribution is 5.81. The van der Waals surface area contributed by atoms with E-state index in [1.807, 2.05) is 6.07 Å². The van der Waals surface area contributed by atoms with E-state index in [9.17, 15) is 18.3 Å². The lowest BCUT2D eigenvalue weighted by Gasteiger charge is -2.35. The van der Waals surface area contributed by atoms with Crippen molar-refractivity contribution in [1.82, 2.24) is 24.5 Å². The number of hydrogen-bond donors (Lipinski definition) is 1. The second kappa shape index (κ2) is 7.27. The Balaban J connectivity index is 1.89. The van der Waals surface area contributed by atoms with Crippen LogP contribution < -0.4 is 0 Å². The quantitative estimate of drug-likeness (QED) is 0.544. The molecule has 0 amide bonds. The highest BCUT2D eigenvalue weighted by Gasteiger charge is 2.41. The molecular formula is C20H15F3N6O. The van der Waals surface area contributed by atoms with Gasteiger partial charge in [0.05, 0.1) is 35.1 Å². The molecule has 1 N–H and O–H groups in total. The largest absolute Gasteiger partial charge is 0.381 e. The number of benzene rings is 2. The molecule has 10 heteroatoms. The highest BCUT2D eigenvalue weighted by Crippen LogP contribution is 2.38. The first-order chi connectivity index (χ1) is 14.3. The summed E-state index contributed by atoms with van der Waals surface area (Å²) in [7, 11) is 0. The minimum Gasteiger partial charge on any atom is -0.381 e. The number of aromatic nitrogens is 5. The molecule has 0 aliphatic heterocycles. The van der Waals surface area contributed by atoms with Crippen molar-refractivity contribution in [3.63, 3.8) is 0 Å². The summed E-state index contributed by atoms with van der Waals surface area (Å²) >= 11 is 0. The molecule has 0 fully saturated rings. The van der Waals surface area contributed by atoms with E-state index < -0.39 is 29.2 Å². The van der Waals surface area contributed by atoms with Crippen LogP contribution in [0.2, 0.25) is 0 Å². The Morgan fingerprint density at radius 1 is 1.20 bits per heavy atom. The van der Waals surface area contributed by atoms with E-state index in [0.29, 0.717) is 11.6 Å². The van der Waals surface area contributed by atoms with Crippen molar-refractivity contribution >= 4 is 10.9 Å². The Hall–Kier alpha value is -3.71. The van der Waals surface area contributed by atoms with Crippen LogP contribution in [0, 0.1) is 28.9 Å². The number of aliphatic hydroxyl groups is 1. The second-order valence-corrected chi connectivity index (χ2v) is 6.90. The van der Waals surface area contributed by atoms with Crippen molar-refractivity contribution in [3.05, 3.63) is 77.8 Å². The van der Waals surface area contributed by atoms with E-state index in [2.05, 4.69) is 15.2 Å². The van der Waals surface area contributed by atoms with Gasteiger partial charge in [0.2, 0.25) is 5.95 Å². The molecule has 0 saturated heterocycles. The maximum Gasteiger partial charge on any atom is 0.240 e. The van der Waals surface area contributed by atoms with Crippen molar-refractivity contribution in [2.24, 2.45) is 0 Å². The van der Waals surface area contributed by atoms with E-state index in [1.165, 1.54) is 47.1 Å². The molecule has 0 radical (unpaired) electrons. The van der Waals surface area contributed by atoms with Crippen LogP contribution in [0.5, 0.6) is 0 Å². The van der Waals surface area contributed by atoms with Crippen LogP contribution in [-0.4, -0.2) is 29.7 Å². The number of hydrogen-bond acceptors (Lipinski definition) is 5. The molecule has 30 heavy (non-hydrogen) atoms. The third kappa shape index (κ3) is 3.19. The number of rotatable bonds is 5. The minimum atomic E-state index is -2.00. The molecule has 4 rings (SSSR count). The maximum absolute atomic E-state index is 14.7. The second-order valence-electron chi connectivity index (χ2n) is 6.90. The summed E-state index contributed by atoms with van der Waals surface area (Å²) in [5.41, 5.74) is -1.65. The van der Waals surface area contributed by atoms with Gasteiger partial charge < -0.3 is 5.11 Å². The number of nitrogens with zero attached hydrogens (tertiary/aromatic N) is 6. The first kappa shape index (κ1) is 19.6. The Labute approximate surface area is 168 Å². The van der Waals surface area contributed by atoms with Gasteiger partial charge in [-0.05, 0) is 31.2 Å². The molecule has 2 atom stereocenters. The monoisotopic (exact) mass is 412 g/mol. The molecule has 0 saturated carbocycles. The third-order valence-electron chi connectivity index (χ3n) is 5.12. The first-order valence-electron chi connectivity index (χ1n) is 8.91. The van der Waals surface area contributed by atoms with Crippen molar-refractivity contribution in [1.29, 1.82) is 5.26 Å². The first-order valence-corrected chi connectivity index (χ1v) is 8.91. The zero-order valence-corrected chi connectivity index (χ0v) is 15.7. The number of fused-ring (bicyclic) bond motifs is 1. The fraction of sp³-hybridized carbons (Fsp3) is 0.200. The van der Waals surface area contributed by atoms with Gasteiger partial charge in [-0.15, -0.1) is 5.10 Å². The van der Waals surface area contributed by atoms with Crippen LogP contribution in [0.25, 0.3) is 10.9 Å². The lowest BCUT2D eigenvalue weighted by atomic mass is 9.86. The van der Waals surface area contributed by atoms with E-state index >= 15 is 0 Å². The van der Waals surface area contributed by atoms with E-state index in [4.69, 9.17) is 5.26 Å². The Bertz CT molecular complexity index is 1260. The van der Waals surface area contributed by atoms with Gasteiger partial charge in [0.15, 0.2) is 0 Å². The molecule has 0 bridgehead atoms. The molecule has 152 valence electrons. The predicted octanol–water partition coefficient (Wildman–Crippen LogP) is 3.07. The average molecular weight is 412 g/mol. The van der Waals surface area contributed by atoms with E-state index in [1.54, 1.807) is 0 Å². The normalized spacial score (nSPS) is 14.4. The number of halogens is 3. The van der Waals surface area contributed by atoms with Gasteiger partial charge in [0, 0.05) is 11.6 Å². The molecule has 4 aromatic rings. The molecule has 0 aliphatic carbocycles. The van der Waals surface area contributed by atoms with Crippen LogP contribution in [0.1, 0.15) is 24.1 Å². The van der Waals surface area contributed by atoms with Crippen LogP contribution in [0.4, 0.5) is 13.2 Å². The fourth-order valence-electron chi connectivity index (χ4n) is 3.51. The molecule has 0 spiro atoms. The van der Waals surface area contributed by atoms with Crippen LogP contribution >= 0.6 is 0 Å². The number of nitriles is 1. The maximum atomic E-state index is 14.7. The van der Waals surface area contributed by atoms with Gasteiger partial charge in [-0.2, -0.15) is 14.8 Å². The van der Waals surface area contributed by atoms with Gasteiger partial charge in [-0.3, -0.25) is 4.68 Å². The van der Waals surface area contributed by atoms with Gasteiger partial charge >= 0.3 is 0 Å². The summed E-state index contributed by atoms with van der Waals surface area (Å²) in [5.74, 6) is -2.60. The summed E-state index contributed by atoms with van der Waals surface area (Å²) < 4.78 is 45.2. The van der Waals surface area contributed by atoms with Crippen molar-refractivity contribution < 1.29 is 18.3 Å². The van der Waals surface area contributed by atoms with Gasteiger partial charge in [0.1, 0.15) is 29.9 Å². The van der Waals surface area contributed by atoms with Crippen molar-refractivity contribution in [3.8, 4) is 6.07 Å². The summed E-state index contributed by atoms with van der Waals surface area (Å²) in [6.45, 7) is 1.28. The van der Waals surface area contributed by atoms with E-state index in [0.717, 1.165) is 12.1 Å². The van der Waals surface area contributed by atoms with Gasteiger partial charge in [-0.1, -0.05) is 6.07 Å². The summed E-state index contributed by atoms with van der Waals surface area (Å²) in [6, 6.07) is 8.06. The molecule has 2 aromatic heterocycles. The zero-order valence-electron chi connectivity index (χ0n) is 15.7. The summed E-state index contributed by atoms with van der Waals surface area (Å²) in [4.78, 5) is 3.82. The average Bonchev–Trinajstić information content (AvgIpc) is 3.34. The molecule has 0 unspecified atom stereocenters. The highest BCUT2D eigenvalue weighted by atomic mass is 19.1. The van der Waals surface area contributed by atoms with E-state index in [-0.39, 0.29) is 23.1 Å². The molecule has 7 nitrogen and oxygen atoms in total. The standard InChI is InChI=1S/C20H15F3N6O/c1-12(29-18-5-2-13(8-24)6-15(18)19(23)27-29)20(30,9-28-11-25-10-26-28)16-4-3-14(21)7-17(16)22/h2-7,10-12,30H,9H2,1H3/t12-,20-/m1/s1. The molecule has 2 heterocycles. The van der Waals surface area contributed by atoms with Crippen molar-refractivity contribution in [2.75, 3.05) is 0 Å². The molecule has 2 aromatic carbocycles. The topological polar surface area (TPSA) is 92.6 Å². The van der Waals surface area contributed by atoms with Crippen LogP contribution in [0.3, 0.4) is 0 Å². The smallest absolute Gasteiger partial charge is 0.240 e. The minimum absolute atomic E-state index is 0.0867. The third-order valence-corrected chi connectivity index (χ3v) is 5.12. The molecular weight excluding hydrogens is 397 g/mol. The SMILES string of the molecule is C[C@@H](n1nc(F)c2cc(C#N)ccc21)[C@](O)(Cn1cncn1)c1ccc(F)cc1F. The lowest BCUT2D eigenvalue weighted by molar-refractivity contribution is -0.0358. The Morgan fingerprint density at radius 2 is 2.00 bits per heavy atom. The van der Waals surface area contributed by atoms with Crippen molar-refractivity contribution in [2.45, 2.75) is 25.1 Å². The van der Waals surface area contributed by atoms with Crippen LogP contribution in [0.15, 0.2) is 49.1 Å². The summed E-state index contributed by atoms with van der Waals surface area (Å²) in [6.07, 6.45) is 2.58. The fourth-order valence-corrected chi connectivity index (χ4v) is 3.51. The van der Waals surface area contributed by atoms with Gasteiger partial charge in [-0.25, -0.2) is 18.4 Å². The Morgan fingerprint density at radius 3 is 2.67 bits per heavy atom. The predicted molar refractivity (Wildman–Crippen MR) is 99.4 cm³/mol. The summed E-state index contributed by atoms with van der Waals surface area (Å²) in [5, 5.41) is 28.6.